The summed E-state index contributed by atoms with van der Waals surface area (Å²) in [5.74, 6) is -2.46. The molecule has 0 radical (unpaired) electrons. The van der Waals surface area contributed by atoms with Gasteiger partial charge in [0.25, 0.3) is 0 Å². The number of aromatic hydroxyl groups is 1. The molecule has 0 saturated carbocycles. The molecule has 10 heteroatoms. The number of carboxylic acid groups (broad SMARTS) is 2. The molecule has 0 unspecified atom stereocenters. The van der Waals surface area contributed by atoms with E-state index in [4.69, 9.17) is 28.8 Å². The van der Waals surface area contributed by atoms with Crippen LogP contribution < -0.4 is 19.6 Å². The Hall–Kier alpha value is -4.47. The molecule has 1 aromatic heterocycles. The first-order valence-corrected chi connectivity index (χ1v) is 9.56. The Morgan fingerprint density at radius 2 is 1.76 bits per heavy atom. The highest BCUT2D eigenvalue weighted by molar-refractivity contribution is 5.87. The third-order valence-electron chi connectivity index (χ3n) is 4.56. The minimum Gasteiger partial charge on any atom is -0.504 e. The zero-order valence-electron chi connectivity index (χ0n) is 17.5. The van der Waals surface area contributed by atoms with Crippen LogP contribution in [-0.4, -0.2) is 47.6 Å². The van der Waals surface area contributed by atoms with Crippen LogP contribution >= 0.6 is 0 Å². The van der Waals surface area contributed by atoms with Crippen LogP contribution in [0.15, 0.2) is 52.2 Å². The summed E-state index contributed by atoms with van der Waals surface area (Å²) in [6, 6.07) is 6.81. The molecule has 0 atom stereocenters. The second-order valence-electron chi connectivity index (χ2n) is 6.77. The normalized spacial score (nSPS) is 10.6. The summed E-state index contributed by atoms with van der Waals surface area (Å²) in [5, 5.41) is 28.3. The molecule has 3 N–H and O–H groups in total. The van der Waals surface area contributed by atoms with Gasteiger partial charge in [-0.2, -0.15) is 0 Å². The number of phenolic OH excluding ortho intramolecular Hbond substituents is 1. The van der Waals surface area contributed by atoms with Crippen molar-refractivity contribution in [1.29, 1.82) is 0 Å². The Bertz CT molecular complexity index is 1290. The largest absolute Gasteiger partial charge is 0.504 e. The number of methoxy groups -OCH3 is 1. The van der Waals surface area contributed by atoms with Crippen molar-refractivity contribution in [2.24, 2.45) is 0 Å². The van der Waals surface area contributed by atoms with Gasteiger partial charge in [0.15, 0.2) is 30.1 Å². The van der Waals surface area contributed by atoms with E-state index >= 15 is 0 Å². The second-order valence-corrected chi connectivity index (χ2v) is 6.77. The SMILES string of the molecule is C=CCc1c(-c2cc(=O)c3c(OCC(=O)O)cc(OCC(=O)O)cc3o2)ccc(OC)c1O. The van der Waals surface area contributed by atoms with Gasteiger partial charge in [0.1, 0.15) is 28.2 Å². The fraction of sp³-hybridized carbons (Fsp3) is 0.174. The maximum atomic E-state index is 13.0. The smallest absolute Gasteiger partial charge is 0.341 e. The molecular weight excluding hydrogens is 436 g/mol. The Morgan fingerprint density at radius 3 is 2.39 bits per heavy atom. The van der Waals surface area contributed by atoms with Gasteiger partial charge in [-0.3, -0.25) is 4.79 Å². The number of hydrogen-bond acceptors (Lipinski definition) is 8. The summed E-state index contributed by atoms with van der Waals surface area (Å²) >= 11 is 0. The van der Waals surface area contributed by atoms with Gasteiger partial charge < -0.3 is 33.9 Å². The highest BCUT2D eigenvalue weighted by atomic mass is 16.5. The number of aliphatic carboxylic acids is 2. The summed E-state index contributed by atoms with van der Waals surface area (Å²) in [7, 11) is 1.40. The molecule has 172 valence electrons. The minimum atomic E-state index is -1.27. The van der Waals surface area contributed by atoms with E-state index in [1.165, 1.54) is 31.4 Å². The Balaban J connectivity index is 2.23. The predicted octanol–water partition coefficient (Wildman–Crippen LogP) is 2.83. The molecule has 0 amide bonds. The summed E-state index contributed by atoms with van der Waals surface area (Å²) in [4.78, 5) is 34.8. The average molecular weight is 456 g/mol. The van der Waals surface area contributed by atoms with Gasteiger partial charge in [0.05, 0.1) is 7.11 Å². The summed E-state index contributed by atoms with van der Waals surface area (Å²) in [6.45, 7) is 2.26. The molecule has 0 bridgehead atoms. The lowest BCUT2D eigenvalue weighted by molar-refractivity contribution is -0.140. The van der Waals surface area contributed by atoms with Gasteiger partial charge >= 0.3 is 11.9 Å². The maximum absolute atomic E-state index is 13.0. The molecule has 10 nitrogen and oxygen atoms in total. The van der Waals surface area contributed by atoms with Gasteiger partial charge in [-0.1, -0.05) is 6.08 Å². The van der Waals surface area contributed by atoms with Crippen LogP contribution in [0.5, 0.6) is 23.0 Å². The van der Waals surface area contributed by atoms with Crippen LogP contribution in [0.2, 0.25) is 0 Å². The van der Waals surface area contributed by atoms with E-state index in [-0.39, 0.29) is 46.1 Å². The topological polar surface area (TPSA) is 153 Å². The summed E-state index contributed by atoms with van der Waals surface area (Å²) in [6.07, 6.45) is 1.81. The molecule has 0 aliphatic carbocycles. The van der Waals surface area contributed by atoms with Crippen molar-refractivity contribution in [2.45, 2.75) is 6.42 Å². The number of rotatable bonds is 10. The van der Waals surface area contributed by atoms with Crippen LogP contribution in [0.4, 0.5) is 0 Å². The molecule has 0 aliphatic heterocycles. The van der Waals surface area contributed by atoms with Crippen LogP contribution in [0.1, 0.15) is 5.56 Å². The van der Waals surface area contributed by atoms with Gasteiger partial charge in [-0.15, -0.1) is 6.58 Å². The van der Waals surface area contributed by atoms with E-state index < -0.39 is 30.6 Å². The van der Waals surface area contributed by atoms with Gasteiger partial charge in [-0.25, -0.2) is 9.59 Å². The van der Waals surface area contributed by atoms with E-state index in [0.717, 1.165) is 0 Å². The van der Waals surface area contributed by atoms with Gasteiger partial charge in [0.2, 0.25) is 0 Å². The van der Waals surface area contributed by atoms with Crippen molar-refractivity contribution in [2.75, 3.05) is 20.3 Å². The predicted molar refractivity (Wildman–Crippen MR) is 116 cm³/mol. The molecule has 3 aromatic rings. The highest BCUT2D eigenvalue weighted by Gasteiger charge is 2.19. The van der Waals surface area contributed by atoms with E-state index in [9.17, 15) is 19.5 Å². The monoisotopic (exact) mass is 456 g/mol. The number of carbonyl (C=O) groups is 2. The van der Waals surface area contributed by atoms with Crippen molar-refractivity contribution in [1.82, 2.24) is 0 Å². The van der Waals surface area contributed by atoms with Gasteiger partial charge in [-0.05, 0) is 18.6 Å². The molecule has 1 heterocycles. The number of fused-ring (bicyclic) bond motifs is 1. The fourth-order valence-corrected chi connectivity index (χ4v) is 3.20. The van der Waals surface area contributed by atoms with Crippen molar-refractivity contribution in [3.63, 3.8) is 0 Å². The van der Waals surface area contributed by atoms with Crippen LogP contribution in [0.25, 0.3) is 22.3 Å². The average Bonchev–Trinajstić information content (AvgIpc) is 2.77. The second kappa shape index (κ2) is 9.77. The molecule has 0 fully saturated rings. The zero-order valence-corrected chi connectivity index (χ0v) is 17.5. The first kappa shape index (κ1) is 23.2. The number of ether oxygens (including phenoxy) is 3. The first-order valence-electron chi connectivity index (χ1n) is 9.56. The Morgan fingerprint density at radius 1 is 1.06 bits per heavy atom. The number of carboxylic acids is 2. The third-order valence-corrected chi connectivity index (χ3v) is 4.56. The summed E-state index contributed by atoms with van der Waals surface area (Å²) in [5.41, 5.74) is 0.237. The molecular formula is C23H20O10. The van der Waals surface area contributed by atoms with Crippen LogP contribution in [-0.2, 0) is 16.0 Å². The number of hydrogen-bond donors (Lipinski definition) is 3. The highest BCUT2D eigenvalue weighted by Crippen LogP contribution is 2.39. The minimum absolute atomic E-state index is 0.00511. The quantitative estimate of drug-likeness (QED) is 0.388. The van der Waals surface area contributed by atoms with Crippen molar-refractivity contribution in [3.05, 3.63) is 58.8 Å². The van der Waals surface area contributed by atoms with E-state index in [1.807, 2.05) is 0 Å². The molecule has 2 aromatic carbocycles. The standard InChI is InChI=1S/C23H20O10/c1-3-4-14-13(5-6-16(30-2)23(14)29)17-9-15(24)22-18(32-11-21(27)28)7-12(8-19(22)33-17)31-10-20(25)26/h3,5-9,29H,1,4,10-11H2,2H3,(H,25,26)(H,27,28). The molecule has 0 saturated heterocycles. The van der Waals surface area contributed by atoms with E-state index in [2.05, 4.69) is 6.58 Å². The van der Waals surface area contributed by atoms with E-state index in [1.54, 1.807) is 12.1 Å². The molecule has 0 spiro atoms. The lowest BCUT2D eigenvalue weighted by Gasteiger charge is -2.14. The number of allylic oxidation sites excluding steroid dienone is 1. The maximum Gasteiger partial charge on any atom is 0.341 e. The molecule has 3 rings (SSSR count). The van der Waals surface area contributed by atoms with Crippen LogP contribution in [0, 0.1) is 0 Å². The van der Waals surface area contributed by atoms with Crippen molar-refractivity contribution < 1.29 is 43.5 Å². The Labute approximate surface area is 186 Å². The van der Waals surface area contributed by atoms with Gasteiger partial charge in [0, 0.05) is 29.3 Å². The summed E-state index contributed by atoms with van der Waals surface area (Å²) < 4.78 is 21.4. The fourth-order valence-electron chi connectivity index (χ4n) is 3.20. The molecule has 33 heavy (non-hydrogen) atoms. The lowest BCUT2D eigenvalue weighted by atomic mass is 9.99. The molecule has 0 aliphatic rings. The van der Waals surface area contributed by atoms with E-state index in [0.29, 0.717) is 11.1 Å². The first-order chi connectivity index (χ1) is 15.7. The zero-order chi connectivity index (χ0) is 24.1. The van der Waals surface area contributed by atoms with Crippen molar-refractivity contribution >= 4 is 22.9 Å². The van der Waals surface area contributed by atoms with Crippen LogP contribution in [0.3, 0.4) is 0 Å². The number of phenols is 1. The van der Waals surface area contributed by atoms with Crippen molar-refractivity contribution in [3.8, 4) is 34.3 Å². The third kappa shape index (κ3) is 5.06. The lowest BCUT2D eigenvalue weighted by Crippen LogP contribution is -2.13. The Kier molecular flexibility index (Phi) is 6.87. The number of benzene rings is 2.